The molecule has 2 heterocycles. The molecule has 0 saturated heterocycles. The van der Waals surface area contributed by atoms with Crippen LogP contribution in [0.15, 0.2) is 48.8 Å². The van der Waals surface area contributed by atoms with E-state index in [-0.39, 0.29) is 5.56 Å². The van der Waals surface area contributed by atoms with Gasteiger partial charge >= 0.3 is 5.97 Å². The van der Waals surface area contributed by atoms with Crippen LogP contribution in [-0.2, 0) is 6.61 Å². The van der Waals surface area contributed by atoms with Gasteiger partial charge in [-0.05, 0) is 42.8 Å². The number of carboxylic acids is 1. The summed E-state index contributed by atoms with van der Waals surface area (Å²) in [6, 6.07) is 10.6. The number of pyridine rings is 1. The third kappa shape index (κ3) is 2.72. The molecule has 0 aliphatic heterocycles. The maximum atomic E-state index is 10.9. The number of benzene rings is 1. The van der Waals surface area contributed by atoms with E-state index in [1.54, 1.807) is 12.1 Å². The number of hydrogen-bond donors (Lipinski definition) is 1. The van der Waals surface area contributed by atoms with Gasteiger partial charge in [0.05, 0.1) is 11.3 Å². The molecule has 0 spiro atoms. The molecule has 1 N–H and O–H groups in total. The van der Waals surface area contributed by atoms with Crippen molar-refractivity contribution in [3.63, 3.8) is 0 Å². The van der Waals surface area contributed by atoms with Gasteiger partial charge in [-0.25, -0.2) is 9.78 Å². The highest BCUT2D eigenvalue weighted by atomic mass is 16.5. The van der Waals surface area contributed by atoms with Crippen LogP contribution < -0.4 is 4.74 Å². The number of hydrogen-bond acceptors (Lipinski definition) is 3. The molecule has 0 amide bonds. The summed E-state index contributed by atoms with van der Waals surface area (Å²) < 4.78 is 7.65. The summed E-state index contributed by atoms with van der Waals surface area (Å²) in [5.74, 6) is -0.276. The maximum Gasteiger partial charge on any atom is 0.335 e. The fraction of sp³-hybridized carbons (Fsp3) is 0.125. The number of aryl methyl sites for hydroxylation is 1. The van der Waals surface area contributed by atoms with Crippen molar-refractivity contribution in [1.82, 2.24) is 9.38 Å². The molecule has 3 aromatic rings. The summed E-state index contributed by atoms with van der Waals surface area (Å²) in [7, 11) is 0. The average molecular weight is 282 g/mol. The highest BCUT2D eigenvalue weighted by Gasteiger charge is 2.07. The van der Waals surface area contributed by atoms with Crippen molar-refractivity contribution < 1.29 is 14.6 Å². The van der Waals surface area contributed by atoms with Crippen LogP contribution in [0.25, 0.3) is 5.65 Å². The van der Waals surface area contributed by atoms with Gasteiger partial charge in [-0.2, -0.15) is 0 Å². The van der Waals surface area contributed by atoms with Crippen LogP contribution in [0, 0.1) is 6.92 Å². The molecular weight excluding hydrogens is 268 g/mol. The van der Waals surface area contributed by atoms with E-state index in [0.717, 1.165) is 16.9 Å². The van der Waals surface area contributed by atoms with Crippen molar-refractivity contribution >= 4 is 11.6 Å². The molecule has 0 bridgehead atoms. The lowest BCUT2D eigenvalue weighted by atomic mass is 10.1. The molecule has 5 nitrogen and oxygen atoms in total. The van der Waals surface area contributed by atoms with E-state index in [2.05, 4.69) is 4.98 Å². The zero-order valence-corrected chi connectivity index (χ0v) is 11.5. The molecule has 0 unspecified atom stereocenters. The second kappa shape index (κ2) is 5.28. The van der Waals surface area contributed by atoms with Crippen LogP contribution in [0.3, 0.4) is 0 Å². The SMILES string of the molecule is Cc1cc(C(=O)O)ccc1OCc1cn2ccccc2n1. The van der Waals surface area contributed by atoms with Gasteiger partial charge in [-0.15, -0.1) is 0 Å². The van der Waals surface area contributed by atoms with Crippen LogP contribution in [0.4, 0.5) is 0 Å². The number of imidazole rings is 1. The quantitative estimate of drug-likeness (QED) is 0.799. The number of fused-ring (bicyclic) bond motifs is 1. The lowest BCUT2D eigenvalue weighted by molar-refractivity contribution is 0.0696. The predicted molar refractivity (Wildman–Crippen MR) is 77.7 cm³/mol. The molecule has 0 saturated carbocycles. The van der Waals surface area contributed by atoms with E-state index in [1.165, 1.54) is 6.07 Å². The number of rotatable bonds is 4. The van der Waals surface area contributed by atoms with E-state index >= 15 is 0 Å². The van der Waals surface area contributed by atoms with Crippen LogP contribution in [0.5, 0.6) is 5.75 Å². The average Bonchev–Trinajstić information content (AvgIpc) is 2.88. The van der Waals surface area contributed by atoms with Crippen molar-refractivity contribution in [1.29, 1.82) is 0 Å². The Kier molecular flexibility index (Phi) is 3.31. The van der Waals surface area contributed by atoms with Crippen molar-refractivity contribution in [2.24, 2.45) is 0 Å². The first kappa shape index (κ1) is 13.2. The molecule has 2 aromatic heterocycles. The summed E-state index contributed by atoms with van der Waals surface area (Å²) in [4.78, 5) is 15.3. The Bertz CT molecular complexity index is 775. The number of ether oxygens (including phenoxy) is 1. The minimum atomic E-state index is -0.940. The van der Waals surface area contributed by atoms with Crippen LogP contribution in [-0.4, -0.2) is 20.5 Å². The third-order valence-electron chi connectivity index (χ3n) is 3.21. The summed E-state index contributed by atoms with van der Waals surface area (Å²) in [5.41, 5.74) is 2.74. The molecule has 5 heteroatoms. The highest BCUT2D eigenvalue weighted by molar-refractivity contribution is 5.88. The Morgan fingerprint density at radius 1 is 1.33 bits per heavy atom. The monoisotopic (exact) mass is 282 g/mol. The fourth-order valence-electron chi connectivity index (χ4n) is 2.15. The predicted octanol–water partition coefficient (Wildman–Crippen LogP) is 2.92. The van der Waals surface area contributed by atoms with E-state index in [4.69, 9.17) is 9.84 Å². The van der Waals surface area contributed by atoms with E-state index < -0.39 is 5.97 Å². The standard InChI is InChI=1S/C16H14N2O3/c1-11-8-12(16(19)20)5-6-14(11)21-10-13-9-18-7-3-2-4-15(18)17-13/h2-9H,10H2,1H3,(H,19,20). The summed E-state index contributed by atoms with van der Waals surface area (Å²) in [6.07, 6.45) is 3.84. The second-order valence-corrected chi connectivity index (χ2v) is 4.77. The van der Waals surface area contributed by atoms with Gasteiger partial charge in [-0.1, -0.05) is 6.07 Å². The van der Waals surface area contributed by atoms with Gasteiger partial charge in [0.25, 0.3) is 0 Å². The Labute approximate surface area is 121 Å². The number of aromatic carboxylic acids is 1. The van der Waals surface area contributed by atoms with Gasteiger partial charge in [-0.3, -0.25) is 0 Å². The van der Waals surface area contributed by atoms with Gasteiger partial charge < -0.3 is 14.2 Å². The summed E-state index contributed by atoms with van der Waals surface area (Å²) >= 11 is 0. The Balaban J connectivity index is 1.76. The zero-order valence-electron chi connectivity index (χ0n) is 11.5. The van der Waals surface area contributed by atoms with Crippen molar-refractivity contribution in [2.45, 2.75) is 13.5 Å². The van der Waals surface area contributed by atoms with E-state index in [9.17, 15) is 4.79 Å². The molecule has 21 heavy (non-hydrogen) atoms. The normalized spacial score (nSPS) is 10.7. The minimum Gasteiger partial charge on any atom is -0.487 e. The second-order valence-electron chi connectivity index (χ2n) is 4.77. The molecule has 0 radical (unpaired) electrons. The zero-order chi connectivity index (χ0) is 14.8. The smallest absolute Gasteiger partial charge is 0.335 e. The first-order valence-corrected chi connectivity index (χ1v) is 6.53. The molecule has 0 aliphatic carbocycles. The number of aromatic nitrogens is 2. The van der Waals surface area contributed by atoms with Crippen LogP contribution in [0.2, 0.25) is 0 Å². The van der Waals surface area contributed by atoms with E-state index in [0.29, 0.717) is 12.4 Å². The molecular formula is C16H14N2O3. The Morgan fingerprint density at radius 2 is 2.19 bits per heavy atom. The topological polar surface area (TPSA) is 63.8 Å². The molecule has 3 rings (SSSR count). The minimum absolute atomic E-state index is 0.257. The molecule has 0 fully saturated rings. The van der Waals surface area contributed by atoms with Crippen molar-refractivity contribution in [3.05, 3.63) is 65.6 Å². The maximum absolute atomic E-state index is 10.9. The number of carboxylic acid groups (broad SMARTS) is 1. The highest BCUT2D eigenvalue weighted by Crippen LogP contribution is 2.20. The Morgan fingerprint density at radius 3 is 2.90 bits per heavy atom. The lowest BCUT2D eigenvalue weighted by Crippen LogP contribution is -2.00. The number of nitrogens with zero attached hydrogens (tertiary/aromatic N) is 2. The lowest BCUT2D eigenvalue weighted by Gasteiger charge is -2.08. The molecule has 0 atom stereocenters. The first-order chi connectivity index (χ1) is 10.1. The van der Waals surface area contributed by atoms with Crippen LogP contribution >= 0.6 is 0 Å². The molecule has 0 aliphatic rings. The largest absolute Gasteiger partial charge is 0.487 e. The van der Waals surface area contributed by atoms with Gasteiger partial charge in [0.15, 0.2) is 0 Å². The van der Waals surface area contributed by atoms with Crippen molar-refractivity contribution in [3.8, 4) is 5.75 Å². The summed E-state index contributed by atoms with van der Waals surface area (Å²) in [6.45, 7) is 2.17. The molecule has 106 valence electrons. The third-order valence-corrected chi connectivity index (χ3v) is 3.21. The van der Waals surface area contributed by atoms with Gasteiger partial charge in [0.1, 0.15) is 18.0 Å². The van der Waals surface area contributed by atoms with Crippen LogP contribution in [0.1, 0.15) is 21.6 Å². The first-order valence-electron chi connectivity index (χ1n) is 6.53. The van der Waals surface area contributed by atoms with E-state index in [1.807, 2.05) is 41.9 Å². The Hall–Kier alpha value is -2.82. The van der Waals surface area contributed by atoms with Gasteiger partial charge in [0.2, 0.25) is 0 Å². The summed E-state index contributed by atoms with van der Waals surface area (Å²) in [5, 5.41) is 8.94. The number of carbonyl (C=O) groups is 1. The van der Waals surface area contributed by atoms with Crippen molar-refractivity contribution in [2.75, 3.05) is 0 Å². The van der Waals surface area contributed by atoms with Gasteiger partial charge in [0, 0.05) is 12.4 Å². The fourth-order valence-corrected chi connectivity index (χ4v) is 2.15. The molecule has 1 aromatic carbocycles.